The van der Waals surface area contributed by atoms with Gasteiger partial charge in [-0.05, 0) is 30.2 Å². The average Bonchev–Trinajstić information content (AvgIpc) is 2.63. The molecule has 0 radical (unpaired) electrons. The molecule has 2 atom stereocenters. The SMILES string of the molecule is C[C@H](NC(=O)C[C@H]1CN(Cc2ccccc2)CCO1)c1ccncc1. The maximum absolute atomic E-state index is 12.3. The smallest absolute Gasteiger partial charge is 0.223 e. The Morgan fingerprint density at radius 1 is 1.28 bits per heavy atom. The molecule has 0 saturated carbocycles. The third-order valence-corrected chi connectivity index (χ3v) is 4.47. The summed E-state index contributed by atoms with van der Waals surface area (Å²) in [7, 11) is 0. The van der Waals surface area contributed by atoms with Gasteiger partial charge in [0.05, 0.1) is 25.2 Å². The van der Waals surface area contributed by atoms with E-state index in [9.17, 15) is 4.79 Å². The van der Waals surface area contributed by atoms with Gasteiger partial charge in [0.2, 0.25) is 5.91 Å². The lowest BCUT2D eigenvalue weighted by atomic mass is 10.1. The quantitative estimate of drug-likeness (QED) is 0.879. The summed E-state index contributed by atoms with van der Waals surface area (Å²) in [4.78, 5) is 18.7. The average molecular weight is 339 g/mol. The molecular weight excluding hydrogens is 314 g/mol. The van der Waals surface area contributed by atoms with Crippen molar-refractivity contribution >= 4 is 5.91 Å². The Bertz CT molecular complexity index is 663. The molecule has 5 heteroatoms. The predicted molar refractivity (Wildman–Crippen MR) is 96.9 cm³/mol. The zero-order valence-electron chi connectivity index (χ0n) is 14.6. The molecular formula is C20H25N3O2. The van der Waals surface area contributed by atoms with E-state index in [1.165, 1.54) is 5.56 Å². The minimum atomic E-state index is -0.0536. The Morgan fingerprint density at radius 2 is 2.04 bits per heavy atom. The zero-order valence-corrected chi connectivity index (χ0v) is 14.6. The van der Waals surface area contributed by atoms with Crippen molar-refractivity contribution in [3.63, 3.8) is 0 Å². The van der Waals surface area contributed by atoms with Gasteiger partial charge in [-0.2, -0.15) is 0 Å². The van der Waals surface area contributed by atoms with E-state index in [4.69, 9.17) is 4.74 Å². The van der Waals surface area contributed by atoms with Crippen molar-refractivity contribution in [2.24, 2.45) is 0 Å². The Labute approximate surface area is 149 Å². The van der Waals surface area contributed by atoms with Gasteiger partial charge in [-0.1, -0.05) is 30.3 Å². The summed E-state index contributed by atoms with van der Waals surface area (Å²) in [6.07, 6.45) is 3.82. The van der Waals surface area contributed by atoms with Crippen molar-refractivity contribution in [3.8, 4) is 0 Å². The minimum Gasteiger partial charge on any atom is -0.375 e. The number of amides is 1. The summed E-state index contributed by atoms with van der Waals surface area (Å²) in [6.45, 7) is 5.24. The lowest BCUT2D eigenvalue weighted by molar-refractivity contribution is -0.126. The number of aromatic nitrogens is 1. The number of carbonyl (C=O) groups excluding carboxylic acids is 1. The molecule has 5 nitrogen and oxygen atoms in total. The summed E-state index contributed by atoms with van der Waals surface area (Å²) in [6, 6.07) is 14.2. The van der Waals surface area contributed by atoms with Crippen LogP contribution in [0.1, 0.15) is 30.5 Å². The van der Waals surface area contributed by atoms with Crippen LogP contribution in [0.15, 0.2) is 54.9 Å². The Hall–Kier alpha value is -2.24. The van der Waals surface area contributed by atoms with Gasteiger partial charge in [0.1, 0.15) is 0 Å². The van der Waals surface area contributed by atoms with Crippen LogP contribution in [0.25, 0.3) is 0 Å². The van der Waals surface area contributed by atoms with E-state index in [0.717, 1.165) is 25.2 Å². The molecule has 1 aliphatic rings. The molecule has 1 N–H and O–H groups in total. The summed E-state index contributed by atoms with van der Waals surface area (Å²) < 4.78 is 5.79. The second-order valence-electron chi connectivity index (χ2n) is 6.49. The molecule has 0 bridgehead atoms. The molecule has 132 valence electrons. The number of benzene rings is 1. The van der Waals surface area contributed by atoms with Gasteiger partial charge >= 0.3 is 0 Å². The standard InChI is InChI=1S/C20H25N3O2/c1-16(18-7-9-21-10-8-18)22-20(24)13-19-15-23(11-12-25-19)14-17-5-3-2-4-6-17/h2-10,16,19H,11-15H2,1H3,(H,22,24)/t16-,19-/m0/s1. The van der Waals surface area contributed by atoms with Gasteiger partial charge in [-0.25, -0.2) is 0 Å². The van der Waals surface area contributed by atoms with E-state index < -0.39 is 0 Å². The summed E-state index contributed by atoms with van der Waals surface area (Å²) in [5.74, 6) is 0.0240. The van der Waals surface area contributed by atoms with Crippen molar-refractivity contribution in [2.45, 2.75) is 32.0 Å². The van der Waals surface area contributed by atoms with Crippen molar-refractivity contribution < 1.29 is 9.53 Å². The summed E-state index contributed by atoms with van der Waals surface area (Å²) >= 11 is 0. The molecule has 1 saturated heterocycles. The first-order valence-electron chi connectivity index (χ1n) is 8.78. The first-order chi connectivity index (χ1) is 12.2. The topological polar surface area (TPSA) is 54.5 Å². The first-order valence-corrected chi connectivity index (χ1v) is 8.78. The molecule has 1 aromatic heterocycles. The van der Waals surface area contributed by atoms with Crippen LogP contribution < -0.4 is 5.32 Å². The second-order valence-corrected chi connectivity index (χ2v) is 6.49. The highest BCUT2D eigenvalue weighted by Crippen LogP contribution is 2.14. The van der Waals surface area contributed by atoms with Crippen LogP contribution in [0.3, 0.4) is 0 Å². The Morgan fingerprint density at radius 3 is 2.80 bits per heavy atom. The van der Waals surface area contributed by atoms with Crippen LogP contribution >= 0.6 is 0 Å². The first kappa shape index (κ1) is 17.6. The Kier molecular flexibility index (Phi) is 6.14. The maximum Gasteiger partial charge on any atom is 0.223 e. The monoisotopic (exact) mass is 339 g/mol. The largest absolute Gasteiger partial charge is 0.375 e. The number of hydrogen-bond acceptors (Lipinski definition) is 4. The van der Waals surface area contributed by atoms with E-state index in [1.54, 1.807) is 12.4 Å². The molecule has 0 aliphatic carbocycles. The number of pyridine rings is 1. The highest BCUT2D eigenvalue weighted by molar-refractivity contribution is 5.77. The van der Waals surface area contributed by atoms with Gasteiger partial charge in [-0.3, -0.25) is 14.7 Å². The molecule has 0 unspecified atom stereocenters. The molecule has 1 amide bonds. The predicted octanol–water partition coefficient (Wildman–Crippen LogP) is 2.55. The lowest BCUT2D eigenvalue weighted by Gasteiger charge is -2.33. The van der Waals surface area contributed by atoms with Crippen LogP contribution in [0.5, 0.6) is 0 Å². The van der Waals surface area contributed by atoms with E-state index in [0.29, 0.717) is 13.0 Å². The molecule has 2 aromatic rings. The van der Waals surface area contributed by atoms with Crippen molar-refractivity contribution in [2.75, 3.05) is 19.7 Å². The third-order valence-electron chi connectivity index (χ3n) is 4.47. The fraction of sp³-hybridized carbons (Fsp3) is 0.400. The van der Waals surface area contributed by atoms with Crippen molar-refractivity contribution in [1.82, 2.24) is 15.2 Å². The van der Waals surface area contributed by atoms with Crippen LogP contribution in [0, 0.1) is 0 Å². The number of rotatable bonds is 6. The van der Waals surface area contributed by atoms with Crippen LogP contribution in [-0.4, -0.2) is 41.6 Å². The summed E-state index contributed by atoms with van der Waals surface area (Å²) in [5.41, 5.74) is 2.34. The number of morpholine rings is 1. The number of ether oxygens (including phenoxy) is 1. The van der Waals surface area contributed by atoms with Gasteiger partial charge in [0.15, 0.2) is 0 Å². The van der Waals surface area contributed by atoms with Crippen LogP contribution in [-0.2, 0) is 16.1 Å². The molecule has 1 aliphatic heterocycles. The van der Waals surface area contributed by atoms with E-state index in [-0.39, 0.29) is 18.1 Å². The Balaban J connectivity index is 1.48. The highest BCUT2D eigenvalue weighted by Gasteiger charge is 2.23. The zero-order chi connectivity index (χ0) is 17.5. The van der Waals surface area contributed by atoms with Crippen molar-refractivity contribution in [3.05, 3.63) is 66.0 Å². The number of hydrogen-bond donors (Lipinski definition) is 1. The van der Waals surface area contributed by atoms with E-state index in [2.05, 4.69) is 39.5 Å². The van der Waals surface area contributed by atoms with E-state index >= 15 is 0 Å². The maximum atomic E-state index is 12.3. The number of nitrogens with one attached hydrogen (secondary N) is 1. The van der Waals surface area contributed by atoms with E-state index in [1.807, 2.05) is 25.1 Å². The molecule has 0 spiro atoms. The molecule has 25 heavy (non-hydrogen) atoms. The minimum absolute atomic E-state index is 0.0240. The van der Waals surface area contributed by atoms with Gasteiger partial charge in [0, 0.05) is 32.0 Å². The van der Waals surface area contributed by atoms with Crippen LogP contribution in [0.4, 0.5) is 0 Å². The number of carbonyl (C=O) groups is 1. The number of nitrogens with zero attached hydrogens (tertiary/aromatic N) is 2. The molecule has 3 rings (SSSR count). The normalized spacial score (nSPS) is 19.3. The van der Waals surface area contributed by atoms with Gasteiger partial charge in [-0.15, -0.1) is 0 Å². The fourth-order valence-electron chi connectivity index (χ4n) is 3.13. The van der Waals surface area contributed by atoms with Gasteiger partial charge < -0.3 is 10.1 Å². The lowest BCUT2D eigenvalue weighted by Crippen LogP contribution is -2.44. The molecule has 2 heterocycles. The second kappa shape index (κ2) is 8.74. The third kappa shape index (κ3) is 5.37. The summed E-state index contributed by atoms with van der Waals surface area (Å²) in [5, 5.41) is 3.04. The van der Waals surface area contributed by atoms with Gasteiger partial charge in [0.25, 0.3) is 0 Å². The fourth-order valence-corrected chi connectivity index (χ4v) is 3.13. The highest BCUT2D eigenvalue weighted by atomic mass is 16.5. The molecule has 1 fully saturated rings. The van der Waals surface area contributed by atoms with Crippen molar-refractivity contribution in [1.29, 1.82) is 0 Å². The van der Waals surface area contributed by atoms with Crippen LogP contribution in [0.2, 0.25) is 0 Å². The molecule has 1 aromatic carbocycles.